The molecule has 0 unspecified atom stereocenters. The summed E-state index contributed by atoms with van der Waals surface area (Å²) in [5.41, 5.74) is 0. The normalized spacial score (nSPS) is 2.80. The molecule has 0 spiro atoms. The van der Waals surface area contributed by atoms with Crippen molar-refractivity contribution in [2.45, 2.75) is 0 Å². The van der Waals surface area contributed by atoms with Crippen LogP contribution >= 0.6 is 40.0 Å². The first-order valence-corrected chi connectivity index (χ1v) is 9.35. The van der Waals surface area contributed by atoms with Crippen molar-refractivity contribution in [3.8, 4) is 0 Å². The minimum atomic E-state index is 0. The first-order valence-electron chi connectivity index (χ1n) is 0.338. The molecule has 0 saturated heterocycles. The number of hydrogen-bond donors (Lipinski definition) is 0. The molecule has 0 aromatic rings. The Balaban J connectivity index is -0.0000000200. The zero-order chi connectivity index (χ0) is 2.71. The molecular formula is CH3BI2V-. The van der Waals surface area contributed by atoms with Gasteiger partial charge in [0, 0.05) is 8.41 Å². The van der Waals surface area contributed by atoms with Crippen LogP contribution in [0.3, 0.4) is 0 Å². The third-order valence-electron chi connectivity index (χ3n) is 0. The molecule has 0 atom stereocenters. The maximum atomic E-state index is 2.37. The van der Waals surface area contributed by atoms with Crippen LogP contribution in [0.1, 0.15) is 0 Å². The summed E-state index contributed by atoms with van der Waals surface area (Å²) in [7, 11) is 0.628. The predicted octanol–water partition coefficient (Wildman–Crippen LogP) is 1.84. The Hall–Kier alpha value is 2.11. The fourth-order valence-corrected chi connectivity index (χ4v) is 0. The molecule has 0 aromatic carbocycles. The second-order valence-corrected chi connectivity index (χ2v) is 11.9. The van der Waals surface area contributed by atoms with Crippen molar-refractivity contribution in [1.29, 1.82) is 0 Å². The van der Waals surface area contributed by atoms with Crippen LogP contribution in [0.5, 0.6) is 0 Å². The van der Waals surface area contributed by atoms with E-state index in [1.807, 2.05) is 0 Å². The molecule has 0 nitrogen and oxygen atoms in total. The van der Waals surface area contributed by atoms with E-state index < -0.39 is 0 Å². The van der Waals surface area contributed by atoms with Crippen LogP contribution in [0.15, 0.2) is 0 Å². The topological polar surface area (TPSA) is 0 Å². The SMILES string of the molecule is [B].[CH3-].[I][V][I]. The van der Waals surface area contributed by atoms with Gasteiger partial charge in [-0.25, -0.2) is 0 Å². The zero-order valence-corrected chi connectivity index (χ0v) is 8.49. The van der Waals surface area contributed by atoms with Gasteiger partial charge in [-0.1, -0.05) is 0 Å². The Bertz CT molecular complexity index is 9.61. The molecule has 0 aliphatic carbocycles. The van der Waals surface area contributed by atoms with Crippen LogP contribution in [-0.2, 0) is 9.47 Å². The first kappa shape index (κ1) is 15.7. The molecule has 0 aliphatic rings. The van der Waals surface area contributed by atoms with Crippen molar-refractivity contribution >= 4 is 48.4 Å². The van der Waals surface area contributed by atoms with Gasteiger partial charge in [-0.3, -0.25) is 0 Å². The zero-order valence-electron chi connectivity index (χ0n) is 2.78. The average molecular weight is 331 g/mol. The summed E-state index contributed by atoms with van der Waals surface area (Å²) in [6.45, 7) is 0. The Kier molecular flexibility index (Phi) is 51.8. The van der Waals surface area contributed by atoms with E-state index in [0.717, 1.165) is 0 Å². The van der Waals surface area contributed by atoms with Crippen molar-refractivity contribution in [3.05, 3.63) is 7.43 Å². The van der Waals surface area contributed by atoms with Gasteiger partial charge in [0.1, 0.15) is 0 Å². The van der Waals surface area contributed by atoms with E-state index in [4.69, 9.17) is 0 Å². The third-order valence-corrected chi connectivity index (χ3v) is 0. The van der Waals surface area contributed by atoms with Crippen LogP contribution in [-0.4, -0.2) is 8.41 Å². The maximum absolute atomic E-state index is 2.37. The second-order valence-electron chi connectivity index (χ2n) is 0.0639. The molecule has 3 radical (unpaired) electrons. The molecule has 4 heteroatoms. The first-order chi connectivity index (χ1) is 1.41. The van der Waals surface area contributed by atoms with Gasteiger partial charge >= 0.3 is 49.4 Å². The van der Waals surface area contributed by atoms with Gasteiger partial charge in [-0.2, -0.15) is 0 Å². The number of rotatable bonds is 0. The van der Waals surface area contributed by atoms with E-state index in [1.54, 1.807) is 0 Å². The molecule has 0 amide bonds. The monoisotopic (exact) mass is 331 g/mol. The fraction of sp³-hybridized carbons (Fsp3) is 0. The Labute approximate surface area is 64.3 Å². The van der Waals surface area contributed by atoms with Gasteiger partial charge < -0.3 is 7.43 Å². The van der Waals surface area contributed by atoms with Gasteiger partial charge in [-0.15, -0.1) is 0 Å². The van der Waals surface area contributed by atoms with Gasteiger partial charge in [0.25, 0.3) is 0 Å². The van der Waals surface area contributed by atoms with Crippen molar-refractivity contribution in [3.63, 3.8) is 0 Å². The number of halogens is 2. The molecule has 0 heterocycles. The summed E-state index contributed by atoms with van der Waals surface area (Å²) < 4.78 is 0. The van der Waals surface area contributed by atoms with Crippen molar-refractivity contribution in [2.75, 3.05) is 0 Å². The molecular weight excluding hydrogens is 328 g/mol. The fourth-order valence-electron chi connectivity index (χ4n) is 0. The van der Waals surface area contributed by atoms with Crippen LogP contribution < -0.4 is 0 Å². The standard InChI is InChI=1S/CH3.B.2HI.V/h1H3;;2*1H;/q-1;;;;+2/p-2. The summed E-state index contributed by atoms with van der Waals surface area (Å²) in [5.74, 6) is 0. The van der Waals surface area contributed by atoms with Crippen LogP contribution in [0.2, 0.25) is 0 Å². The third kappa shape index (κ3) is 23.2. The van der Waals surface area contributed by atoms with Crippen LogP contribution in [0, 0.1) is 7.43 Å². The Morgan fingerprint density at radius 1 is 1.20 bits per heavy atom. The van der Waals surface area contributed by atoms with Gasteiger partial charge in [-0.05, 0) is 0 Å². The van der Waals surface area contributed by atoms with E-state index >= 15 is 0 Å². The van der Waals surface area contributed by atoms with Gasteiger partial charge in [0.05, 0.1) is 0 Å². The van der Waals surface area contributed by atoms with Crippen molar-refractivity contribution in [2.24, 2.45) is 0 Å². The Morgan fingerprint density at radius 2 is 1.20 bits per heavy atom. The van der Waals surface area contributed by atoms with Crippen molar-refractivity contribution < 1.29 is 9.47 Å². The van der Waals surface area contributed by atoms with E-state index in [0.29, 0.717) is 9.47 Å². The molecule has 0 rings (SSSR count). The predicted molar refractivity (Wildman–Crippen MR) is 40.2 cm³/mol. The summed E-state index contributed by atoms with van der Waals surface area (Å²) >= 11 is 4.74. The molecule has 0 bridgehead atoms. The molecule has 30 valence electrons. The Morgan fingerprint density at radius 3 is 1.20 bits per heavy atom. The van der Waals surface area contributed by atoms with E-state index in [2.05, 4.69) is 40.0 Å². The second kappa shape index (κ2) is 16.5. The molecule has 0 saturated carbocycles. The van der Waals surface area contributed by atoms with E-state index in [-0.39, 0.29) is 15.8 Å². The molecule has 0 fully saturated rings. The van der Waals surface area contributed by atoms with Crippen molar-refractivity contribution in [1.82, 2.24) is 0 Å². The summed E-state index contributed by atoms with van der Waals surface area (Å²) in [6, 6.07) is 0. The van der Waals surface area contributed by atoms with E-state index in [9.17, 15) is 0 Å². The quantitative estimate of drug-likeness (QED) is 0.361. The molecule has 5 heavy (non-hydrogen) atoms. The number of hydrogen-bond acceptors (Lipinski definition) is 0. The van der Waals surface area contributed by atoms with Crippen LogP contribution in [0.4, 0.5) is 0 Å². The molecule has 0 aliphatic heterocycles. The average Bonchev–Trinajstić information content (AvgIpc) is 0.918. The van der Waals surface area contributed by atoms with Crippen LogP contribution in [0.25, 0.3) is 0 Å². The minimum absolute atomic E-state index is 0. The summed E-state index contributed by atoms with van der Waals surface area (Å²) in [4.78, 5) is 0. The van der Waals surface area contributed by atoms with E-state index in [1.165, 1.54) is 0 Å². The summed E-state index contributed by atoms with van der Waals surface area (Å²) in [6.07, 6.45) is 0. The van der Waals surface area contributed by atoms with Gasteiger partial charge in [0.15, 0.2) is 0 Å². The summed E-state index contributed by atoms with van der Waals surface area (Å²) in [5, 5.41) is 0. The van der Waals surface area contributed by atoms with Gasteiger partial charge in [0.2, 0.25) is 0 Å². The molecule has 0 N–H and O–H groups in total. The molecule has 0 aromatic heterocycles.